The fourth-order valence-electron chi connectivity index (χ4n) is 4.20. The van der Waals surface area contributed by atoms with E-state index < -0.39 is 41.1 Å². The number of aliphatic hydroxyl groups is 1. The molecule has 0 radical (unpaired) electrons. The molecule has 1 aliphatic heterocycles. The van der Waals surface area contributed by atoms with Gasteiger partial charge < -0.3 is 24.8 Å². The van der Waals surface area contributed by atoms with Gasteiger partial charge in [0.2, 0.25) is 0 Å². The highest BCUT2D eigenvalue weighted by Gasteiger charge is 2.41. The summed E-state index contributed by atoms with van der Waals surface area (Å²) in [7, 11) is 1.45. The van der Waals surface area contributed by atoms with Crippen molar-refractivity contribution in [2.24, 2.45) is 7.05 Å². The number of halogens is 4. The summed E-state index contributed by atoms with van der Waals surface area (Å²) in [6.07, 6.45) is -3.66. The number of hydrogen-bond donors (Lipinski definition) is 2. The molecule has 1 fully saturated rings. The molecule has 1 saturated carbocycles. The summed E-state index contributed by atoms with van der Waals surface area (Å²) in [6.45, 7) is -0.0820. The molecule has 3 heterocycles. The number of hydrogen-bond acceptors (Lipinski definition) is 8. The molecule has 202 valence electrons. The Kier molecular flexibility index (Phi) is 6.29. The molecule has 2 aliphatic rings. The van der Waals surface area contributed by atoms with Crippen molar-refractivity contribution >= 4 is 11.5 Å². The first-order valence-corrected chi connectivity index (χ1v) is 11.6. The smallest absolute Gasteiger partial charge is 0.452 e. The lowest BCUT2D eigenvalue weighted by molar-refractivity contribution is -0.274. The number of rotatable bonds is 8. The zero-order valence-corrected chi connectivity index (χ0v) is 20.0. The number of nitrogens with one attached hydrogen (secondary N) is 1. The van der Waals surface area contributed by atoms with Crippen molar-refractivity contribution in [1.82, 2.24) is 14.1 Å². The molecule has 1 unspecified atom stereocenters. The average molecular weight is 537 g/mol. The van der Waals surface area contributed by atoms with Crippen LogP contribution in [-0.2, 0) is 20.1 Å². The van der Waals surface area contributed by atoms with E-state index in [9.17, 15) is 32.3 Å². The first-order chi connectivity index (χ1) is 17.9. The van der Waals surface area contributed by atoms with E-state index in [1.165, 1.54) is 40.8 Å². The number of anilines is 2. The summed E-state index contributed by atoms with van der Waals surface area (Å²) < 4.78 is 63.6. The Labute approximate surface area is 212 Å². The molecule has 2 N–H and O–H groups in total. The maximum absolute atomic E-state index is 13.5. The highest BCUT2D eigenvalue weighted by molar-refractivity contribution is 5.71. The molecule has 2 aromatic heterocycles. The minimum absolute atomic E-state index is 0.0136. The van der Waals surface area contributed by atoms with Crippen molar-refractivity contribution < 1.29 is 32.1 Å². The zero-order valence-electron chi connectivity index (χ0n) is 20.0. The van der Waals surface area contributed by atoms with Gasteiger partial charge in [0.25, 0.3) is 11.9 Å². The summed E-state index contributed by atoms with van der Waals surface area (Å²) in [6, 6.07) is 7.43. The SMILES string of the molecule is Cn1c2c(c(=O)n(CCC3(O)CC3)c1=O)N(Cc1ccc(F)cn1)C(Oc1cccc(OC(F)(F)F)c1)N2. The molecular formula is C24H23F4N5O5. The van der Waals surface area contributed by atoms with E-state index in [0.29, 0.717) is 18.5 Å². The second kappa shape index (κ2) is 9.35. The molecule has 5 rings (SSSR count). The van der Waals surface area contributed by atoms with Gasteiger partial charge in [-0.25, -0.2) is 9.18 Å². The van der Waals surface area contributed by atoms with Gasteiger partial charge in [-0.05, 0) is 43.5 Å². The number of fused-ring (bicyclic) bond motifs is 1. The summed E-state index contributed by atoms with van der Waals surface area (Å²) in [5.74, 6) is -0.970. The van der Waals surface area contributed by atoms with Gasteiger partial charge in [-0.1, -0.05) is 6.07 Å². The number of ether oxygens (including phenoxy) is 2. The Balaban J connectivity index is 1.51. The fraction of sp³-hybridized carbons (Fsp3) is 0.375. The molecule has 1 aliphatic carbocycles. The van der Waals surface area contributed by atoms with Gasteiger partial charge in [-0.15, -0.1) is 13.2 Å². The Morgan fingerprint density at radius 3 is 2.58 bits per heavy atom. The van der Waals surface area contributed by atoms with Gasteiger partial charge in [0.1, 0.15) is 28.8 Å². The predicted octanol–water partition coefficient (Wildman–Crippen LogP) is 2.69. The Morgan fingerprint density at radius 1 is 1.18 bits per heavy atom. The van der Waals surface area contributed by atoms with Crippen molar-refractivity contribution in [2.45, 2.75) is 50.7 Å². The lowest BCUT2D eigenvalue weighted by Gasteiger charge is -2.26. The quantitative estimate of drug-likeness (QED) is 0.422. The summed E-state index contributed by atoms with van der Waals surface area (Å²) in [4.78, 5) is 32.0. The number of benzene rings is 1. The molecule has 1 atom stereocenters. The van der Waals surface area contributed by atoms with Crippen LogP contribution in [0.4, 0.5) is 29.1 Å². The first kappa shape index (κ1) is 25.6. The summed E-state index contributed by atoms with van der Waals surface area (Å²) in [5.41, 5.74) is -1.76. The number of aromatic nitrogens is 3. The van der Waals surface area contributed by atoms with Gasteiger partial charge in [-0.3, -0.25) is 18.9 Å². The Bertz CT molecular complexity index is 1470. The number of pyridine rings is 1. The van der Waals surface area contributed by atoms with E-state index in [-0.39, 0.29) is 36.8 Å². The molecule has 0 amide bonds. The van der Waals surface area contributed by atoms with Crippen LogP contribution in [0.15, 0.2) is 52.2 Å². The lowest BCUT2D eigenvalue weighted by Crippen LogP contribution is -2.44. The monoisotopic (exact) mass is 537 g/mol. The van der Waals surface area contributed by atoms with Gasteiger partial charge in [0.15, 0.2) is 0 Å². The molecular weight excluding hydrogens is 514 g/mol. The van der Waals surface area contributed by atoms with Crippen LogP contribution in [-0.4, -0.2) is 37.5 Å². The maximum Gasteiger partial charge on any atom is 0.573 e. The fourth-order valence-corrected chi connectivity index (χ4v) is 4.20. The van der Waals surface area contributed by atoms with Gasteiger partial charge in [0, 0.05) is 19.7 Å². The molecule has 38 heavy (non-hydrogen) atoms. The first-order valence-electron chi connectivity index (χ1n) is 11.6. The second-order valence-corrected chi connectivity index (χ2v) is 9.20. The Hall–Kier alpha value is -4.07. The number of nitrogens with zero attached hydrogens (tertiary/aromatic N) is 4. The van der Waals surface area contributed by atoms with Gasteiger partial charge in [-0.2, -0.15) is 0 Å². The van der Waals surface area contributed by atoms with E-state index in [2.05, 4.69) is 15.0 Å². The third kappa shape index (κ3) is 5.30. The van der Waals surface area contributed by atoms with Crippen molar-refractivity contribution in [1.29, 1.82) is 0 Å². The molecule has 10 nitrogen and oxygen atoms in total. The molecule has 14 heteroatoms. The van der Waals surface area contributed by atoms with Crippen LogP contribution >= 0.6 is 0 Å². The largest absolute Gasteiger partial charge is 0.573 e. The van der Waals surface area contributed by atoms with Crippen LogP contribution in [0.3, 0.4) is 0 Å². The lowest BCUT2D eigenvalue weighted by atomic mass is 10.2. The van der Waals surface area contributed by atoms with Crippen molar-refractivity contribution in [3.63, 3.8) is 0 Å². The van der Waals surface area contributed by atoms with E-state index in [1.54, 1.807) is 0 Å². The van der Waals surface area contributed by atoms with Gasteiger partial charge >= 0.3 is 12.1 Å². The highest BCUT2D eigenvalue weighted by atomic mass is 19.4. The molecule has 3 aromatic rings. The van der Waals surface area contributed by atoms with Crippen molar-refractivity contribution in [3.8, 4) is 11.5 Å². The van der Waals surface area contributed by atoms with Crippen molar-refractivity contribution in [2.75, 3.05) is 10.2 Å². The summed E-state index contributed by atoms with van der Waals surface area (Å²) >= 11 is 0. The van der Waals surface area contributed by atoms with E-state index >= 15 is 0 Å². The molecule has 0 spiro atoms. The van der Waals surface area contributed by atoms with Crippen LogP contribution in [0.25, 0.3) is 0 Å². The number of alkyl halides is 3. The van der Waals surface area contributed by atoms with Crippen LogP contribution in [0.1, 0.15) is 25.0 Å². The predicted molar refractivity (Wildman–Crippen MR) is 126 cm³/mol. The van der Waals surface area contributed by atoms with Crippen LogP contribution in [0.2, 0.25) is 0 Å². The van der Waals surface area contributed by atoms with Crippen molar-refractivity contribution in [3.05, 3.63) is 74.9 Å². The van der Waals surface area contributed by atoms with Crippen LogP contribution < -0.4 is 30.9 Å². The minimum Gasteiger partial charge on any atom is -0.452 e. The standard InChI is InChI=1S/C24H23F4N5O5/c1-31-19-18(20(34)32(22(31)35)10-9-23(36)7-8-23)33(13-15-6-5-14(25)12-29-15)21(30-19)37-16-3-2-4-17(11-16)38-24(26,27)28/h2-6,11-12,21,30,36H,7-10,13H2,1H3. The summed E-state index contributed by atoms with van der Waals surface area (Å²) in [5, 5.41) is 13.1. The highest BCUT2D eigenvalue weighted by Crippen LogP contribution is 2.39. The molecule has 1 aromatic carbocycles. The third-order valence-corrected chi connectivity index (χ3v) is 6.39. The molecule has 0 bridgehead atoms. The Morgan fingerprint density at radius 2 is 1.92 bits per heavy atom. The zero-order chi connectivity index (χ0) is 27.2. The molecule has 0 saturated heterocycles. The second-order valence-electron chi connectivity index (χ2n) is 9.20. The van der Waals surface area contributed by atoms with E-state index in [1.807, 2.05) is 0 Å². The topological polar surface area (TPSA) is 111 Å². The third-order valence-electron chi connectivity index (χ3n) is 6.39. The normalized spacial score (nSPS) is 17.6. The minimum atomic E-state index is -4.91. The van der Waals surface area contributed by atoms with E-state index in [0.717, 1.165) is 22.9 Å². The van der Waals surface area contributed by atoms with Crippen LogP contribution in [0, 0.1) is 5.82 Å². The van der Waals surface area contributed by atoms with E-state index in [4.69, 9.17) is 4.74 Å². The van der Waals surface area contributed by atoms with Gasteiger partial charge in [0.05, 0.1) is 24.0 Å². The maximum atomic E-state index is 13.5. The average Bonchev–Trinajstić information content (AvgIpc) is 3.48. The van der Waals surface area contributed by atoms with Crippen LogP contribution in [0.5, 0.6) is 11.5 Å².